The molecule has 1 aliphatic carbocycles. The summed E-state index contributed by atoms with van der Waals surface area (Å²) >= 11 is 0. The van der Waals surface area contributed by atoms with E-state index in [1.165, 1.54) is 24.1 Å². The fraction of sp³-hybridized carbons (Fsp3) is 0.462. The monoisotopic (exact) mass is 480 g/mol. The van der Waals surface area contributed by atoms with Gasteiger partial charge in [-0.05, 0) is 67.3 Å². The van der Waals surface area contributed by atoms with Crippen molar-refractivity contribution in [1.82, 2.24) is 20.1 Å². The number of carbonyl (C=O) groups excluding carboxylic acids is 3. The van der Waals surface area contributed by atoms with Crippen molar-refractivity contribution in [2.45, 2.75) is 37.6 Å². The van der Waals surface area contributed by atoms with E-state index in [1.54, 1.807) is 35.4 Å². The number of hydrogen-bond acceptors (Lipinski definition) is 5. The molecule has 1 saturated carbocycles. The highest BCUT2D eigenvalue weighted by Crippen LogP contribution is 2.39. The van der Waals surface area contributed by atoms with Gasteiger partial charge in [0.2, 0.25) is 5.88 Å². The third-order valence-corrected chi connectivity index (χ3v) is 7.41. The maximum absolute atomic E-state index is 13.8. The maximum Gasteiger partial charge on any atom is 0.325 e. The Labute approximate surface area is 203 Å². The SMILES string of the molecule is COc1ncccc1C(=O)N1CCC(C2(Cc3ccc(F)cc3)NC(=O)N(CC3CC3)C2=O)CC1. The molecular weight excluding hydrogens is 451 g/mol. The summed E-state index contributed by atoms with van der Waals surface area (Å²) in [6.07, 6.45) is 5.02. The van der Waals surface area contributed by atoms with Gasteiger partial charge in [-0.15, -0.1) is 0 Å². The maximum atomic E-state index is 13.8. The van der Waals surface area contributed by atoms with Crippen LogP contribution in [-0.4, -0.2) is 64.9 Å². The van der Waals surface area contributed by atoms with Crippen LogP contribution in [0, 0.1) is 17.7 Å². The van der Waals surface area contributed by atoms with Crippen LogP contribution >= 0.6 is 0 Å². The zero-order chi connectivity index (χ0) is 24.6. The van der Waals surface area contributed by atoms with Crippen LogP contribution in [0.3, 0.4) is 0 Å². The molecule has 0 bridgehead atoms. The molecule has 1 atom stereocenters. The van der Waals surface area contributed by atoms with Crippen LogP contribution in [-0.2, 0) is 11.2 Å². The third-order valence-electron chi connectivity index (χ3n) is 7.41. The van der Waals surface area contributed by atoms with Crippen LogP contribution in [0.25, 0.3) is 0 Å². The van der Waals surface area contributed by atoms with Gasteiger partial charge in [0.05, 0.1) is 7.11 Å². The first kappa shape index (κ1) is 23.3. The molecule has 1 N–H and O–H groups in total. The lowest BCUT2D eigenvalue weighted by Crippen LogP contribution is -2.58. The summed E-state index contributed by atoms with van der Waals surface area (Å²) in [6, 6.07) is 9.08. The third kappa shape index (κ3) is 4.47. The molecule has 3 heterocycles. The number of hydrogen-bond donors (Lipinski definition) is 1. The largest absolute Gasteiger partial charge is 0.480 e. The van der Waals surface area contributed by atoms with E-state index in [2.05, 4.69) is 10.3 Å². The molecule has 184 valence electrons. The minimum absolute atomic E-state index is 0.159. The number of nitrogens with one attached hydrogen (secondary N) is 1. The number of likely N-dealkylation sites (tertiary alicyclic amines) is 1. The van der Waals surface area contributed by atoms with Crippen molar-refractivity contribution in [2.24, 2.45) is 11.8 Å². The van der Waals surface area contributed by atoms with Gasteiger partial charge in [-0.1, -0.05) is 12.1 Å². The lowest BCUT2D eigenvalue weighted by atomic mass is 9.73. The predicted octanol–water partition coefficient (Wildman–Crippen LogP) is 3.02. The molecule has 5 rings (SSSR count). The minimum atomic E-state index is -1.11. The molecule has 1 unspecified atom stereocenters. The molecule has 3 fully saturated rings. The molecule has 0 spiro atoms. The van der Waals surface area contributed by atoms with Crippen molar-refractivity contribution in [3.63, 3.8) is 0 Å². The normalized spacial score (nSPS) is 22.9. The van der Waals surface area contributed by atoms with Gasteiger partial charge in [-0.25, -0.2) is 14.2 Å². The number of amides is 4. The number of rotatable bonds is 7. The molecule has 2 saturated heterocycles. The second-order valence-corrected chi connectivity index (χ2v) is 9.69. The Morgan fingerprint density at radius 3 is 2.51 bits per heavy atom. The summed E-state index contributed by atoms with van der Waals surface area (Å²) in [5, 5.41) is 3.04. The molecule has 1 aromatic heterocycles. The Kier molecular flexibility index (Phi) is 6.17. The van der Waals surface area contributed by atoms with E-state index in [-0.39, 0.29) is 41.9 Å². The van der Waals surface area contributed by atoms with E-state index < -0.39 is 5.54 Å². The quantitative estimate of drug-likeness (QED) is 0.615. The number of aromatic nitrogens is 1. The summed E-state index contributed by atoms with van der Waals surface area (Å²) < 4.78 is 18.8. The standard InChI is InChI=1S/C26H29FN4O4/c1-35-22-21(3-2-12-28-22)23(32)30-13-10-19(11-14-30)26(15-17-6-8-20(27)9-7-17)24(33)31(25(34)29-26)16-18-4-5-18/h2-3,6-9,12,18-19H,4-5,10-11,13-16H2,1H3,(H,29,34). The van der Waals surface area contributed by atoms with E-state index in [1.807, 2.05) is 0 Å². The molecule has 8 nitrogen and oxygen atoms in total. The van der Waals surface area contributed by atoms with E-state index in [0.717, 1.165) is 18.4 Å². The van der Waals surface area contributed by atoms with E-state index in [4.69, 9.17) is 4.74 Å². The average Bonchev–Trinajstić information content (AvgIpc) is 3.68. The van der Waals surface area contributed by atoms with Crippen LogP contribution in [0.4, 0.5) is 9.18 Å². The van der Waals surface area contributed by atoms with Gasteiger partial charge in [-0.3, -0.25) is 14.5 Å². The summed E-state index contributed by atoms with van der Waals surface area (Å²) in [4.78, 5) is 47.0. The highest BCUT2D eigenvalue weighted by molar-refractivity contribution is 6.07. The van der Waals surface area contributed by atoms with Gasteiger partial charge in [0, 0.05) is 32.3 Å². The second kappa shape index (κ2) is 9.28. The summed E-state index contributed by atoms with van der Waals surface area (Å²) in [7, 11) is 1.48. The molecule has 0 radical (unpaired) electrons. The van der Waals surface area contributed by atoms with Crippen LogP contribution in [0.2, 0.25) is 0 Å². The van der Waals surface area contributed by atoms with E-state index in [0.29, 0.717) is 44.0 Å². The molecule has 2 aromatic rings. The number of piperidine rings is 1. The molecule has 3 aliphatic rings. The predicted molar refractivity (Wildman–Crippen MR) is 125 cm³/mol. The molecule has 4 amide bonds. The second-order valence-electron chi connectivity index (χ2n) is 9.69. The zero-order valence-electron chi connectivity index (χ0n) is 19.7. The first-order chi connectivity index (χ1) is 16.9. The van der Waals surface area contributed by atoms with E-state index >= 15 is 0 Å². The Morgan fingerprint density at radius 1 is 1.14 bits per heavy atom. The number of methoxy groups -OCH3 is 1. The van der Waals surface area contributed by atoms with Crippen LogP contribution in [0.1, 0.15) is 41.6 Å². The van der Waals surface area contributed by atoms with Crippen LogP contribution in [0.5, 0.6) is 5.88 Å². The van der Waals surface area contributed by atoms with Crippen molar-refractivity contribution in [1.29, 1.82) is 0 Å². The van der Waals surface area contributed by atoms with Crippen LogP contribution in [0.15, 0.2) is 42.6 Å². The van der Waals surface area contributed by atoms with Gasteiger partial charge in [0.25, 0.3) is 11.8 Å². The highest BCUT2D eigenvalue weighted by Gasteiger charge is 2.56. The first-order valence-electron chi connectivity index (χ1n) is 12.1. The zero-order valence-corrected chi connectivity index (χ0v) is 19.7. The van der Waals surface area contributed by atoms with Crippen molar-refractivity contribution in [2.75, 3.05) is 26.7 Å². The molecule has 35 heavy (non-hydrogen) atoms. The topological polar surface area (TPSA) is 91.8 Å². The fourth-order valence-electron chi connectivity index (χ4n) is 5.30. The number of nitrogens with zero attached hydrogens (tertiary/aromatic N) is 3. The van der Waals surface area contributed by atoms with Crippen LogP contribution < -0.4 is 10.1 Å². The number of benzene rings is 1. The van der Waals surface area contributed by atoms with Crippen molar-refractivity contribution >= 4 is 17.8 Å². The lowest BCUT2D eigenvalue weighted by Gasteiger charge is -2.41. The average molecular weight is 481 g/mol. The number of carbonyl (C=O) groups is 3. The molecule has 2 aliphatic heterocycles. The fourth-order valence-corrected chi connectivity index (χ4v) is 5.30. The Morgan fingerprint density at radius 2 is 1.86 bits per heavy atom. The number of ether oxygens (including phenoxy) is 1. The van der Waals surface area contributed by atoms with E-state index in [9.17, 15) is 18.8 Å². The van der Waals surface area contributed by atoms with Gasteiger partial charge in [0.15, 0.2) is 0 Å². The van der Waals surface area contributed by atoms with Gasteiger partial charge in [-0.2, -0.15) is 0 Å². The summed E-state index contributed by atoms with van der Waals surface area (Å²) in [5.41, 5.74) is 0.0764. The smallest absolute Gasteiger partial charge is 0.325 e. The molecular formula is C26H29FN4O4. The number of halogens is 1. The molecule has 1 aromatic carbocycles. The number of pyridine rings is 1. The van der Waals surface area contributed by atoms with Gasteiger partial charge in [0.1, 0.15) is 16.9 Å². The number of imide groups is 1. The van der Waals surface area contributed by atoms with Gasteiger partial charge < -0.3 is 15.0 Å². The van der Waals surface area contributed by atoms with Crippen molar-refractivity contribution in [3.05, 3.63) is 59.5 Å². The Hall–Kier alpha value is -3.49. The van der Waals surface area contributed by atoms with Gasteiger partial charge >= 0.3 is 6.03 Å². The summed E-state index contributed by atoms with van der Waals surface area (Å²) in [6.45, 7) is 1.32. The van der Waals surface area contributed by atoms with Crippen molar-refractivity contribution < 1.29 is 23.5 Å². The Bertz CT molecular complexity index is 1130. The lowest BCUT2D eigenvalue weighted by molar-refractivity contribution is -0.134. The van der Waals surface area contributed by atoms with Crippen molar-refractivity contribution in [3.8, 4) is 5.88 Å². The minimum Gasteiger partial charge on any atom is -0.480 e. The number of urea groups is 1. The Balaban J connectivity index is 1.37. The highest BCUT2D eigenvalue weighted by atomic mass is 19.1. The first-order valence-corrected chi connectivity index (χ1v) is 12.1. The summed E-state index contributed by atoms with van der Waals surface area (Å²) in [5.74, 6) is -0.234. The molecule has 9 heteroatoms.